The Kier molecular flexibility index (Phi) is 8.02. The molecule has 12 aromatic rings. The topological polar surface area (TPSA) is 92.1 Å². The molecule has 1 aliphatic heterocycles. The Hall–Kier alpha value is -8.60. The van der Waals surface area contributed by atoms with E-state index in [2.05, 4.69) is 153 Å². The summed E-state index contributed by atoms with van der Waals surface area (Å²) in [4.78, 5) is 32.0. The molecule has 0 amide bonds. The predicted octanol–water partition coefficient (Wildman–Crippen LogP) is 8.58. The maximum atomic E-state index is 5.50. The third-order valence-corrected chi connectivity index (χ3v) is 17.0. The minimum atomic E-state index is -3.03. The maximum absolute atomic E-state index is 5.50. The zero-order valence-electron chi connectivity index (χ0n) is 34.2. The monoisotopic (exact) mass is 837 g/mol. The summed E-state index contributed by atoms with van der Waals surface area (Å²) >= 11 is 0. The molecular formula is C54H35N9Si. The molecule has 0 spiro atoms. The summed E-state index contributed by atoms with van der Waals surface area (Å²) in [5, 5.41) is 3.71. The molecule has 5 heterocycles. The molecule has 0 N–H and O–H groups in total. The first-order valence-electron chi connectivity index (χ1n) is 21.3. The van der Waals surface area contributed by atoms with E-state index >= 15 is 0 Å². The van der Waals surface area contributed by atoms with E-state index in [1.165, 1.54) is 15.6 Å². The van der Waals surface area contributed by atoms with E-state index < -0.39 is 8.07 Å². The molecule has 9 nitrogen and oxygen atoms in total. The van der Waals surface area contributed by atoms with Gasteiger partial charge in [0.15, 0.2) is 17.5 Å². The summed E-state index contributed by atoms with van der Waals surface area (Å²) in [7, 11) is -3.03. The Labute approximate surface area is 368 Å². The number of aromatic nitrogens is 9. The molecule has 0 bridgehead atoms. The number of hydrogen-bond donors (Lipinski definition) is 0. The standard InChI is InChI=1S/C54H35N9Si/c1-4-20-37(21-5-1)61-44-30-13-10-27-41(44)55-52(61)50-58-49(59-51(60-50)53-56-42-28-11-14-31-45(42)62(53)38-22-6-2-7-23-38)36-19-18-26-40(35-36)64(39-24-8-3-9-25-39)48-34-17-16-33-47(48)63-46-32-15-12-29-43(46)57-54(63)64/h1-35H. The van der Waals surface area contributed by atoms with Crippen LogP contribution in [0, 0.1) is 0 Å². The second-order valence-corrected chi connectivity index (χ2v) is 19.6. The van der Waals surface area contributed by atoms with Gasteiger partial charge in [0.25, 0.3) is 0 Å². The van der Waals surface area contributed by atoms with Gasteiger partial charge in [0.2, 0.25) is 19.7 Å². The van der Waals surface area contributed by atoms with Gasteiger partial charge in [-0.3, -0.25) is 13.7 Å². The Balaban J connectivity index is 1.10. The molecule has 1 atom stereocenters. The SMILES string of the molecule is c1ccc(-n2c(-c3nc(-c4cccc([Si]5(c6ccccc6)c6ccccc6-n6c5nc5ccccc56)c4)nc(-c4nc5ccccc5n4-c4ccccc4)n3)nc3ccccc32)cc1. The number of benzene rings is 8. The van der Waals surface area contributed by atoms with Gasteiger partial charge in [-0.15, -0.1) is 0 Å². The van der Waals surface area contributed by atoms with Crippen molar-refractivity contribution in [1.29, 1.82) is 0 Å². The van der Waals surface area contributed by atoms with Gasteiger partial charge in [0.1, 0.15) is 5.45 Å². The van der Waals surface area contributed by atoms with E-state index in [0.717, 1.165) is 61.2 Å². The third kappa shape index (κ3) is 5.36. The first kappa shape index (κ1) is 36.1. The second-order valence-electron chi connectivity index (χ2n) is 16.0. The molecule has 0 radical (unpaired) electrons. The minimum Gasteiger partial charge on any atom is -0.299 e. The number of hydrogen-bond acceptors (Lipinski definition) is 6. The van der Waals surface area contributed by atoms with Crippen molar-refractivity contribution < 1.29 is 0 Å². The molecule has 300 valence electrons. The van der Waals surface area contributed by atoms with Crippen molar-refractivity contribution in [3.05, 3.63) is 212 Å². The maximum Gasteiger partial charge on any atom is 0.226 e. The van der Waals surface area contributed by atoms with E-state index in [9.17, 15) is 0 Å². The van der Waals surface area contributed by atoms with Gasteiger partial charge >= 0.3 is 0 Å². The van der Waals surface area contributed by atoms with Crippen LogP contribution in [0.5, 0.6) is 0 Å². The lowest BCUT2D eigenvalue weighted by Crippen LogP contribution is -2.73. The molecule has 13 rings (SSSR count). The van der Waals surface area contributed by atoms with Crippen LogP contribution in [0.4, 0.5) is 0 Å². The van der Waals surface area contributed by atoms with Gasteiger partial charge in [-0.1, -0.05) is 146 Å². The van der Waals surface area contributed by atoms with Crippen molar-refractivity contribution in [2.45, 2.75) is 0 Å². The molecule has 0 saturated heterocycles. The van der Waals surface area contributed by atoms with Crippen LogP contribution in [0.2, 0.25) is 0 Å². The van der Waals surface area contributed by atoms with E-state index in [1.54, 1.807) is 0 Å². The highest BCUT2D eigenvalue weighted by Gasteiger charge is 2.52. The Bertz CT molecular complexity index is 3610. The molecular weight excluding hydrogens is 803 g/mol. The van der Waals surface area contributed by atoms with Crippen LogP contribution >= 0.6 is 0 Å². The highest BCUT2D eigenvalue weighted by atomic mass is 28.3. The largest absolute Gasteiger partial charge is 0.299 e. The number of para-hydroxylation sites is 9. The van der Waals surface area contributed by atoms with Gasteiger partial charge < -0.3 is 0 Å². The summed E-state index contributed by atoms with van der Waals surface area (Å²) in [6.45, 7) is 0. The Morgan fingerprint density at radius 1 is 0.328 bits per heavy atom. The van der Waals surface area contributed by atoms with E-state index in [4.69, 9.17) is 29.9 Å². The van der Waals surface area contributed by atoms with Crippen molar-refractivity contribution in [2.75, 3.05) is 0 Å². The van der Waals surface area contributed by atoms with Gasteiger partial charge in [0, 0.05) is 22.6 Å². The summed E-state index contributed by atoms with van der Waals surface area (Å²) < 4.78 is 6.65. The van der Waals surface area contributed by atoms with Gasteiger partial charge in [-0.05, 0) is 82.3 Å². The van der Waals surface area contributed by atoms with Crippen LogP contribution in [0.15, 0.2) is 212 Å². The fourth-order valence-corrected chi connectivity index (χ4v) is 14.6. The van der Waals surface area contributed by atoms with E-state index in [1.807, 2.05) is 72.8 Å². The van der Waals surface area contributed by atoms with Crippen LogP contribution in [0.3, 0.4) is 0 Å². The van der Waals surface area contributed by atoms with Crippen molar-refractivity contribution in [3.8, 4) is 51.7 Å². The second kappa shape index (κ2) is 14.2. The summed E-state index contributed by atoms with van der Waals surface area (Å²) in [6, 6.07) is 73.8. The minimum absolute atomic E-state index is 0.431. The van der Waals surface area contributed by atoms with Crippen LogP contribution in [-0.4, -0.2) is 51.7 Å². The molecule has 0 aliphatic carbocycles. The Morgan fingerprint density at radius 2 is 0.781 bits per heavy atom. The molecule has 64 heavy (non-hydrogen) atoms. The summed E-state index contributed by atoms with van der Waals surface area (Å²) in [5.74, 6) is 2.58. The summed E-state index contributed by atoms with van der Waals surface area (Å²) in [6.07, 6.45) is 0. The molecule has 1 aliphatic rings. The van der Waals surface area contributed by atoms with Gasteiger partial charge in [-0.2, -0.15) is 0 Å². The smallest absolute Gasteiger partial charge is 0.226 e. The highest BCUT2D eigenvalue weighted by molar-refractivity contribution is 7.20. The fraction of sp³-hybridized carbons (Fsp3) is 0. The number of rotatable bonds is 7. The van der Waals surface area contributed by atoms with Crippen molar-refractivity contribution >= 4 is 62.2 Å². The Morgan fingerprint density at radius 3 is 1.38 bits per heavy atom. The normalized spacial score (nSPS) is 14.3. The molecule has 4 aromatic heterocycles. The van der Waals surface area contributed by atoms with E-state index in [0.29, 0.717) is 29.1 Å². The van der Waals surface area contributed by atoms with Gasteiger partial charge in [0.05, 0.1) is 33.1 Å². The lowest BCUT2D eigenvalue weighted by Gasteiger charge is -2.28. The molecule has 0 saturated carbocycles. The quantitative estimate of drug-likeness (QED) is 0.150. The summed E-state index contributed by atoms with van der Waals surface area (Å²) in [5.41, 5.74) is 10.6. The first-order chi connectivity index (χ1) is 31.7. The average molecular weight is 838 g/mol. The molecule has 0 fully saturated rings. The first-order valence-corrected chi connectivity index (χ1v) is 23.3. The van der Waals surface area contributed by atoms with Crippen LogP contribution in [0.1, 0.15) is 0 Å². The van der Waals surface area contributed by atoms with Crippen LogP contribution < -0.4 is 21.0 Å². The molecule has 10 heteroatoms. The van der Waals surface area contributed by atoms with Crippen molar-refractivity contribution in [1.82, 2.24) is 43.6 Å². The van der Waals surface area contributed by atoms with Crippen molar-refractivity contribution in [3.63, 3.8) is 0 Å². The third-order valence-electron chi connectivity index (χ3n) is 12.4. The lowest BCUT2D eigenvalue weighted by molar-refractivity contribution is 0.981. The van der Waals surface area contributed by atoms with E-state index in [-0.39, 0.29) is 0 Å². The number of nitrogens with zero attached hydrogens (tertiary/aromatic N) is 9. The highest BCUT2D eigenvalue weighted by Crippen LogP contribution is 2.33. The average Bonchev–Trinajstić information content (AvgIpc) is 4.13. The van der Waals surface area contributed by atoms with Crippen LogP contribution in [-0.2, 0) is 0 Å². The number of fused-ring (bicyclic) bond motifs is 7. The lowest BCUT2D eigenvalue weighted by atomic mass is 10.2. The predicted molar refractivity (Wildman–Crippen MR) is 257 cm³/mol. The molecule has 1 unspecified atom stereocenters. The fourth-order valence-electron chi connectivity index (χ4n) is 9.68. The van der Waals surface area contributed by atoms with Crippen molar-refractivity contribution in [2.24, 2.45) is 0 Å². The molecule has 8 aromatic carbocycles. The zero-order valence-corrected chi connectivity index (χ0v) is 35.2. The number of imidazole rings is 3. The zero-order chi connectivity index (χ0) is 42.2. The van der Waals surface area contributed by atoms with Gasteiger partial charge in [-0.25, -0.2) is 29.9 Å². The van der Waals surface area contributed by atoms with Crippen LogP contribution in [0.25, 0.3) is 84.8 Å².